The maximum Gasteiger partial charge on any atom is 0.344 e. The first-order valence-corrected chi connectivity index (χ1v) is 8.70. The maximum absolute atomic E-state index is 12.0. The van der Waals surface area contributed by atoms with Crippen molar-refractivity contribution in [2.75, 3.05) is 18.5 Å². The van der Waals surface area contributed by atoms with Crippen LogP contribution in [0.5, 0.6) is 5.75 Å². The molecule has 0 heterocycles. The minimum Gasteiger partial charge on any atom is -0.482 e. The normalized spacial score (nSPS) is 10.3. The fourth-order valence-electron chi connectivity index (χ4n) is 2.67. The van der Waals surface area contributed by atoms with E-state index in [1.165, 1.54) is 6.92 Å². The number of carbonyl (C=O) groups is 3. The first-order valence-electron chi connectivity index (χ1n) is 8.70. The van der Waals surface area contributed by atoms with E-state index in [4.69, 9.17) is 9.47 Å². The van der Waals surface area contributed by atoms with Crippen molar-refractivity contribution in [1.29, 1.82) is 0 Å². The molecule has 0 aliphatic rings. The van der Waals surface area contributed by atoms with Crippen molar-refractivity contribution in [3.63, 3.8) is 0 Å². The van der Waals surface area contributed by atoms with Gasteiger partial charge in [-0.15, -0.1) is 0 Å². The largest absolute Gasteiger partial charge is 0.482 e. The molecular weight excluding hydrogens is 358 g/mol. The van der Waals surface area contributed by atoms with Crippen LogP contribution in [-0.2, 0) is 14.3 Å². The van der Waals surface area contributed by atoms with Crippen molar-refractivity contribution in [3.05, 3.63) is 72.3 Å². The highest BCUT2D eigenvalue weighted by atomic mass is 16.6. The van der Waals surface area contributed by atoms with Gasteiger partial charge in [0.25, 0.3) is 5.91 Å². The lowest BCUT2D eigenvalue weighted by atomic mass is 10.1. The van der Waals surface area contributed by atoms with E-state index in [1.807, 2.05) is 36.4 Å². The number of carbonyl (C=O) groups excluding carboxylic acids is 3. The molecule has 0 bridgehead atoms. The molecule has 0 saturated heterocycles. The molecule has 3 aromatic rings. The Bertz CT molecular complexity index is 1030. The third kappa shape index (κ3) is 4.94. The van der Waals surface area contributed by atoms with Gasteiger partial charge >= 0.3 is 5.97 Å². The Hall–Kier alpha value is -3.67. The molecule has 0 aromatic heterocycles. The lowest BCUT2D eigenvalue weighted by molar-refractivity contribution is -0.149. The van der Waals surface area contributed by atoms with Crippen LogP contribution in [0.15, 0.2) is 66.7 Å². The van der Waals surface area contributed by atoms with Gasteiger partial charge in [-0.3, -0.25) is 9.59 Å². The van der Waals surface area contributed by atoms with Gasteiger partial charge in [0.05, 0.1) is 5.69 Å². The second kappa shape index (κ2) is 8.81. The molecule has 6 nitrogen and oxygen atoms in total. The summed E-state index contributed by atoms with van der Waals surface area (Å²) in [6, 6.07) is 19.9. The van der Waals surface area contributed by atoms with Gasteiger partial charge in [0.15, 0.2) is 19.0 Å². The number of fused-ring (bicyclic) bond motifs is 1. The minimum absolute atomic E-state index is 0.170. The van der Waals surface area contributed by atoms with Gasteiger partial charge in [-0.2, -0.15) is 0 Å². The number of anilines is 1. The first kappa shape index (κ1) is 19.1. The SMILES string of the molecule is CC(=O)c1ccccc1NC(=O)COC(=O)COc1ccc2ccccc2c1. The zero-order chi connectivity index (χ0) is 19.9. The van der Waals surface area contributed by atoms with Crippen LogP contribution >= 0.6 is 0 Å². The molecule has 0 saturated carbocycles. The van der Waals surface area contributed by atoms with Gasteiger partial charge in [0.1, 0.15) is 5.75 Å². The number of Topliss-reactive ketones (excluding diaryl/α,β-unsaturated/α-hetero) is 1. The summed E-state index contributed by atoms with van der Waals surface area (Å²) in [5, 5.41) is 4.63. The van der Waals surface area contributed by atoms with Gasteiger partial charge in [-0.05, 0) is 42.0 Å². The fraction of sp³-hybridized carbons (Fsp3) is 0.136. The van der Waals surface area contributed by atoms with E-state index in [-0.39, 0.29) is 12.4 Å². The lowest BCUT2D eigenvalue weighted by Crippen LogP contribution is -2.24. The van der Waals surface area contributed by atoms with Gasteiger partial charge in [-0.25, -0.2) is 4.79 Å². The Morgan fingerprint density at radius 2 is 1.57 bits per heavy atom. The molecule has 0 radical (unpaired) electrons. The molecule has 1 amide bonds. The molecule has 0 fully saturated rings. The van der Waals surface area contributed by atoms with Crippen molar-refractivity contribution < 1.29 is 23.9 Å². The molecule has 3 rings (SSSR count). The summed E-state index contributed by atoms with van der Waals surface area (Å²) in [6.45, 7) is 0.636. The van der Waals surface area contributed by atoms with E-state index in [0.717, 1.165) is 10.8 Å². The second-order valence-electron chi connectivity index (χ2n) is 6.11. The number of ketones is 1. The number of ether oxygens (including phenoxy) is 2. The number of hydrogen-bond acceptors (Lipinski definition) is 5. The van der Waals surface area contributed by atoms with Crippen molar-refractivity contribution in [2.24, 2.45) is 0 Å². The molecule has 0 aliphatic carbocycles. The zero-order valence-electron chi connectivity index (χ0n) is 15.3. The molecule has 142 valence electrons. The minimum atomic E-state index is -0.664. The molecule has 0 unspecified atom stereocenters. The highest BCUT2D eigenvalue weighted by molar-refractivity contribution is 6.04. The Balaban J connectivity index is 1.48. The van der Waals surface area contributed by atoms with Crippen LogP contribution in [-0.4, -0.2) is 30.9 Å². The second-order valence-corrected chi connectivity index (χ2v) is 6.11. The van der Waals surface area contributed by atoms with E-state index < -0.39 is 18.5 Å². The zero-order valence-corrected chi connectivity index (χ0v) is 15.3. The van der Waals surface area contributed by atoms with E-state index in [0.29, 0.717) is 17.0 Å². The van der Waals surface area contributed by atoms with Crippen LogP contribution in [0.25, 0.3) is 10.8 Å². The van der Waals surface area contributed by atoms with E-state index in [9.17, 15) is 14.4 Å². The third-order valence-electron chi connectivity index (χ3n) is 4.02. The van der Waals surface area contributed by atoms with Gasteiger partial charge in [0.2, 0.25) is 0 Å². The number of para-hydroxylation sites is 1. The monoisotopic (exact) mass is 377 g/mol. The summed E-state index contributed by atoms with van der Waals surface area (Å²) < 4.78 is 10.4. The highest BCUT2D eigenvalue weighted by Gasteiger charge is 2.12. The quantitative estimate of drug-likeness (QED) is 0.502. The van der Waals surface area contributed by atoms with E-state index in [1.54, 1.807) is 30.3 Å². The van der Waals surface area contributed by atoms with Crippen LogP contribution in [0.4, 0.5) is 5.69 Å². The van der Waals surface area contributed by atoms with Crippen molar-refractivity contribution in [3.8, 4) is 5.75 Å². The van der Waals surface area contributed by atoms with Crippen molar-refractivity contribution >= 4 is 34.1 Å². The maximum atomic E-state index is 12.0. The molecule has 0 spiro atoms. The smallest absolute Gasteiger partial charge is 0.344 e. The lowest BCUT2D eigenvalue weighted by Gasteiger charge is -2.10. The summed E-state index contributed by atoms with van der Waals surface area (Å²) in [7, 11) is 0. The highest BCUT2D eigenvalue weighted by Crippen LogP contribution is 2.20. The molecule has 0 atom stereocenters. The average molecular weight is 377 g/mol. The Labute approximate surface area is 162 Å². The number of benzene rings is 3. The summed E-state index contributed by atoms with van der Waals surface area (Å²) in [4.78, 5) is 35.4. The molecular formula is C22H19NO5. The predicted octanol–water partition coefficient (Wildman–Crippen LogP) is 3.60. The van der Waals surface area contributed by atoms with Gasteiger partial charge < -0.3 is 14.8 Å². The summed E-state index contributed by atoms with van der Waals surface area (Å²) in [6.07, 6.45) is 0. The van der Waals surface area contributed by atoms with Crippen molar-refractivity contribution in [1.82, 2.24) is 0 Å². The molecule has 3 aromatic carbocycles. The first-order chi connectivity index (χ1) is 13.5. The molecule has 28 heavy (non-hydrogen) atoms. The molecule has 0 aliphatic heterocycles. The number of amides is 1. The van der Waals surface area contributed by atoms with Crippen molar-refractivity contribution in [2.45, 2.75) is 6.92 Å². The topological polar surface area (TPSA) is 81.7 Å². The van der Waals surface area contributed by atoms with Crippen LogP contribution in [0.2, 0.25) is 0 Å². The standard InChI is InChI=1S/C22H19NO5/c1-15(24)19-8-4-5-9-20(19)23-21(25)13-28-22(26)14-27-18-11-10-16-6-2-3-7-17(16)12-18/h2-12H,13-14H2,1H3,(H,23,25). The van der Waals surface area contributed by atoms with Crippen LogP contribution in [0.3, 0.4) is 0 Å². The van der Waals surface area contributed by atoms with Gasteiger partial charge in [-0.1, -0.05) is 42.5 Å². The Morgan fingerprint density at radius 3 is 2.36 bits per heavy atom. The summed E-state index contributed by atoms with van der Waals surface area (Å²) in [5.74, 6) is -0.830. The average Bonchev–Trinajstić information content (AvgIpc) is 2.70. The van der Waals surface area contributed by atoms with E-state index >= 15 is 0 Å². The predicted molar refractivity (Wildman–Crippen MR) is 105 cm³/mol. The Kier molecular flexibility index (Phi) is 6.01. The molecule has 6 heteroatoms. The number of nitrogens with one attached hydrogen (secondary N) is 1. The third-order valence-corrected chi connectivity index (χ3v) is 4.02. The number of hydrogen-bond donors (Lipinski definition) is 1. The van der Waals surface area contributed by atoms with Crippen LogP contribution in [0.1, 0.15) is 17.3 Å². The number of esters is 1. The Morgan fingerprint density at radius 1 is 0.857 bits per heavy atom. The van der Waals surface area contributed by atoms with Gasteiger partial charge in [0, 0.05) is 5.56 Å². The molecule has 1 N–H and O–H groups in total. The van der Waals surface area contributed by atoms with Crippen LogP contribution in [0, 0.1) is 0 Å². The number of rotatable bonds is 7. The fourth-order valence-corrected chi connectivity index (χ4v) is 2.67. The summed E-state index contributed by atoms with van der Waals surface area (Å²) >= 11 is 0. The van der Waals surface area contributed by atoms with E-state index in [2.05, 4.69) is 5.32 Å². The van der Waals surface area contributed by atoms with Crippen LogP contribution < -0.4 is 10.1 Å². The summed E-state index contributed by atoms with van der Waals surface area (Å²) in [5.41, 5.74) is 0.769.